The monoisotopic (exact) mass is 288 g/mol. The molecule has 118 valence electrons. The molecular formula is C14H28N2O4. The lowest BCUT2D eigenvalue weighted by Gasteiger charge is -2.27. The summed E-state index contributed by atoms with van der Waals surface area (Å²) in [6.07, 6.45) is -0.623. The van der Waals surface area contributed by atoms with Gasteiger partial charge < -0.3 is 20.1 Å². The molecule has 2 amide bonds. The van der Waals surface area contributed by atoms with Gasteiger partial charge in [-0.2, -0.15) is 0 Å². The van der Waals surface area contributed by atoms with Crippen LogP contribution < -0.4 is 5.32 Å². The fraction of sp³-hybridized carbons (Fsp3) is 0.857. The minimum atomic E-state index is -0.938. The number of methoxy groups -OCH3 is 1. The summed E-state index contributed by atoms with van der Waals surface area (Å²) in [4.78, 5) is 24.5. The second kappa shape index (κ2) is 9.58. The minimum absolute atomic E-state index is 0.120. The average molecular weight is 288 g/mol. The van der Waals surface area contributed by atoms with Crippen LogP contribution in [0.15, 0.2) is 0 Å². The smallest absolute Gasteiger partial charge is 0.317 e. The van der Waals surface area contributed by atoms with Crippen molar-refractivity contribution in [3.8, 4) is 0 Å². The van der Waals surface area contributed by atoms with E-state index in [2.05, 4.69) is 33.0 Å². The van der Waals surface area contributed by atoms with Gasteiger partial charge in [0.05, 0.1) is 12.5 Å². The molecule has 6 nitrogen and oxygen atoms in total. The predicted octanol–water partition coefficient (Wildman–Crippen LogP) is 1.80. The van der Waals surface area contributed by atoms with Crippen molar-refractivity contribution in [2.75, 3.05) is 26.7 Å². The van der Waals surface area contributed by atoms with Crippen LogP contribution in [0, 0.1) is 11.8 Å². The van der Waals surface area contributed by atoms with E-state index in [4.69, 9.17) is 9.84 Å². The van der Waals surface area contributed by atoms with Crippen molar-refractivity contribution in [2.45, 2.75) is 40.2 Å². The Balaban J connectivity index is 4.39. The van der Waals surface area contributed by atoms with Gasteiger partial charge in [0.25, 0.3) is 0 Å². The quantitative estimate of drug-likeness (QED) is 0.678. The number of hydrogen-bond donors (Lipinski definition) is 2. The van der Waals surface area contributed by atoms with Gasteiger partial charge >= 0.3 is 12.0 Å². The number of aliphatic carboxylic acids is 1. The number of nitrogens with zero attached hydrogens (tertiary/aromatic N) is 1. The number of carboxylic acid groups (broad SMARTS) is 1. The van der Waals surface area contributed by atoms with Crippen molar-refractivity contribution in [1.82, 2.24) is 10.2 Å². The first-order chi connectivity index (χ1) is 9.26. The van der Waals surface area contributed by atoms with Crippen molar-refractivity contribution in [1.29, 1.82) is 0 Å². The van der Waals surface area contributed by atoms with Gasteiger partial charge in [-0.05, 0) is 11.8 Å². The van der Waals surface area contributed by atoms with Crippen molar-refractivity contribution in [3.05, 3.63) is 0 Å². The van der Waals surface area contributed by atoms with Crippen molar-refractivity contribution < 1.29 is 19.4 Å². The molecule has 0 aromatic carbocycles. The molecule has 0 bridgehead atoms. The zero-order valence-electron chi connectivity index (χ0n) is 13.2. The highest BCUT2D eigenvalue weighted by Crippen LogP contribution is 2.04. The molecule has 0 fully saturated rings. The number of carboxylic acids is 1. The average Bonchev–Trinajstić information content (AvgIpc) is 2.31. The molecule has 6 heteroatoms. The maximum Gasteiger partial charge on any atom is 0.317 e. The van der Waals surface area contributed by atoms with Gasteiger partial charge in [0, 0.05) is 26.7 Å². The predicted molar refractivity (Wildman–Crippen MR) is 77.7 cm³/mol. The summed E-state index contributed by atoms with van der Waals surface area (Å²) < 4.78 is 5.04. The van der Waals surface area contributed by atoms with Crippen LogP contribution in [0.5, 0.6) is 0 Å². The Labute approximate surface area is 121 Å². The van der Waals surface area contributed by atoms with E-state index in [-0.39, 0.29) is 19.0 Å². The number of ether oxygens (including phenoxy) is 1. The highest BCUT2D eigenvalue weighted by Gasteiger charge is 2.18. The van der Waals surface area contributed by atoms with Crippen LogP contribution in [0.2, 0.25) is 0 Å². The third-order valence-corrected chi connectivity index (χ3v) is 2.67. The summed E-state index contributed by atoms with van der Waals surface area (Å²) in [5.41, 5.74) is 0. The fourth-order valence-corrected chi connectivity index (χ4v) is 1.87. The van der Waals surface area contributed by atoms with E-state index in [0.717, 1.165) is 0 Å². The second-order valence-corrected chi connectivity index (χ2v) is 5.83. The second-order valence-electron chi connectivity index (χ2n) is 5.83. The molecule has 0 rings (SSSR count). The first-order valence-electron chi connectivity index (χ1n) is 7.03. The van der Waals surface area contributed by atoms with Gasteiger partial charge in [-0.3, -0.25) is 4.79 Å². The molecule has 0 saturated heterocycles. The first-order valence-corrected chi connectivity index (χ1v) is 7.03. The maximum atomic E-state index is 12.1. The largest absolute Gasteiger partial charge is 0.481 e. The lowest BCUT2D eigenvalue weighted by Crippen LogP contribution is -2.46. The lowest BCUT2D eigenvalue weighted by atomic mass is 10.1. The molecule has 0 aliphatic rings. The van der Waals surface area contributed by atoms with E-state index < -0.39 is 12.1 Å². The van der Waals surface area contributed by atoms with E-state index >= 15 is 0 Å². The molecule has 0 heterocycles. The Kier molecular flexibility index (Phi) is 8.96. The number of hydrogen-bond acceptors (Lipinski definition) is 3. The summed E-state index contributed by atoms with van der Waals surface area (Å²) in [6.45, 7) is 9.80. The number of carbonyl (C=O) groups is 2. The van der Waals surface area contributed by atoms with Gasteiger partial charge in [-0.1, -0.05) is 27.7 Å². The van der Waals surface area contributed by atoms with Gasteiger partial charge in [0.2, 0.25) is 0 Å². The van der Waals surface area contributed by atoms with Crippen LogP contribution in [0.1, 0.15) is 34.1 Å². The SMILES string of the molecule is COC(CNC(=O)N(CC(C)C)CC(C)C)CC(=O)O. The Morgan fingerprint density at radius 3 is 2.00 bits per heavy atom. The zero-order valence-corrected chi connectivity index (χ0v) is 13.2. The Morgan fingerprint density at radius 1 is 1.15 bits per heavy atom. The fourth-order valence-electron chi connectivity index (χ4n) is 1.87. The highest BCUT2D eigenvalue weighted by atomic mass is 16.5. The summed E-state index contributed by atoms with van der Waals surface area (Å²) in [5.74, 6) is -0.166. The molecule has 0 aromatic heterocycles. The third-order valence-electron chi connectivity index (χ3n) is 2.67. The van der Waals surface area contributed by atoms with Crippen LogP contribution >= 0.6 is 0 Å². The molecule has 0 spiro atoms. The highest BCUT2D eigenvalue weighted by molar-refractivity contribution is 5.74. The summed E-state index contributed by atoms with van der Waals surface area (Å²) >= 11 is 0. The summed E-state index contributed by atoms with van der Waals surface area (Å²) in [6, 6.07) is -0.167. The number of rotatable bonds is 9. The molecule has 0 saturated carbocycles. The van der Waals surface area contributed by atoms with Crippen LogP contribution in [-0.2, 0) is 9.53 Å². The molecule has 2 N–H and O–H groups in total. The number of carbonyl (C=O) groups excluding carboxylic acids is 1. The number of amides is 2. The van der Waals surface area contributed by atoms with Gasteiger partial charge in [0.1, 0.15) is 0 Å². The Morgan fingerprint density at radius 2 is 1.65 bits per heavy atom. The van der Waals surface area contributed by atoms with E-state index in [0.29, 0.717) is 24.9 Å². The van der Waals surface area contributed by atoms with Crippen LogP contribution in [0.3, 0.4) is 0 Å². The number of urea groups is 1. The van der Waals surface area contributed by atoms with Crippen LogP contribution in [-0.4, -0.2) is 54.9 Å². The van der Waals surface area contributed by atoms with Crippen molar-refractivity contribution in [2.24, 2.45) is 11.8 Å². The molecule has 0 aliphatic carbocycles. The molecule has 0 aliphatic heterocycles. The minimum Gasteiger partial charge on any atom is -0.481 e. The van der Waals surface area contributed by atoms with E-state index in [1.807, 2.05) is 0 Å². The Bertz CT molecular complexity index is 296. The molecule has 0 radical (unpaired) electrons. The summed E-state index contributed by atoms with van der Waals surface area (Å²) in [7, 11) is 1.44. The first kappa shape index (κ1) is 18.7. The van der Waals surface area contributed by atoms with Crippen LogP contribution in [0.25, 0.3) is 0 Å². The Hall–Kier alpha value is -1.30. The molecule has 1 atom stereocenters. The molecule has 1 unspecified atom stereocenters. The van der Waals surface area contributed by atoms with Crippen molar-refractivity contribution >= 4 is 12.0 Å². The van der Waals surface area contributed by atoms with Gasteiger partial charge in [-0.25, -0.2) is 4.79 Å². The lowest BCUT2D eigenvalue weighted by molar-refractivity contribution is -0.139. The molecular weight excluding hydrogens is 260 g/mol. The van der Waals surface area contributed by atoms with E-state index in [1.54, 1.807) is 4.90 Å². The van der Waals surface area contributed by atoms with Crippen molar-refractivity contribution in [3.63, 3.8) is 0 Å². The third kappa shape index (κ3) is 8.74. The van der Waals surface area contributed by atoms with E-state index in [1.165, 1.54) is 7.11 Å². The van der Waals surface area contributed by atoms with E-state index in [9.17, 15) is 9.59 Å². The molecule has 0 aromatic rings. The van der Waals surface area contributed by atoms with Crippen LogP contribution in [0.4, 0.5) is 4.79 Å². The topological polar surface area (TPSA) is 78.9 Å². The zero-order chi connectivity index (χ0) is 15.7. The maximum absolute atomic E-state index is 12.1. The summed E-state index contributed by atoms with van der Waals surface area (Å²) in [5, 5.41) is 11.5. The number of nitrogens with one attached hydrogen (secondary N) is 1. The normalized spacial score (nSPS) is 12.6. The standard InChI is InChI=1S/C14H28N2O4/c1-10(2)8-16(9-11(3)4)14(19)15-7-12(20-5)6-13(17)18/h10-12H,6-9H2,1-5H3,(H,15,19)(H,17,18). The van der Waals surface area contributed by atoms with Gasteiger partial charge in [0.15, 0.2) is 0 Å². The molecule has 20 heavy (non-hydrogen) atoms. The van der Waals surface area contributed by atoms with Gasteiger partial charge in [-0.15, -0.1) is 0 Å².